The summed E-state index contributed by atoms with van der Waals surface area (Å²) < 4.78 is 29.1. The molecule has 2 N–H and O–H groups in total. The van der Waals surface area contributed by atoms with E-state index >= 15 is 0 Å². The normalized spacial score (nSPS) is 15.5. The Morgan fingerprint density at radius 3 is 2.15 bits per heavy atom. The first-order chi connectivity index (χ1) is 12.7. The van der Waals surface area contributed by atoms with E-state index in [1.807, 2.05) is 26.0 Å². The molecule has 1 aliphatic rings. The number of sulfonamides is 1. The fraction of sp³-hybridized carbons (Fsp3) is 0.200. The monoisotopic (exact) mass is 383 g/mol. The Hall–Kier alpha value is -2.93. The zero-order chi connectivity index (χ0) is 19.8. The maximum absolute atomic E-state index is 12.6. The number of benzene rings is 2. The summed E-state index contributed by atoms with van der Waals surface area (Å²) in [7, 11) is -3.76. The predicted octanol–water partition coefficient (Wildman–Crippen LogP) is 3.85. The molecule has 0 saturated heterocycles. The van der Waals surface area contributed by atoms with Gasteiger partial charge in [-0.2, -0.15) is 8.42 Å². The van der Waals surface area contributed by atoms with Crippen LogP contribution in [0.5, 0.6) is 0 Å². The largest absolute Gasteiger partial charge is 0.339 e. The van der Waals surface area contributed by atoms with Gasteiger partial charge in [-0.1, -0.05) is 18.2 Å². The van der Waals surface area contributed by atoms with E-state index in [9.17, 15) is 13.2 Å². The molecule has 0 radical (unpaired) electrons. The first-order valence-corrected chi connectivity index (χ1v) is 9.90. The Morgan fingerprint density at radius 2 is 1.56 bits per heavy atom. The number of nitrogens with zero attached hydrogens (tertiary/aromatic N) is 1. The smallest absolute Gasteiger partial charge is 0.285 e. The molecule has 7 heteroatoms. The molecule has 1 aliphatic heterocycles. The van der Waals surface area contributed by atoms with Gasteiger partial charge in [0.1, 0.15) is 10.7 Å². The molecule has 6 nitrogen and oxygen atoms in total. The fourth-order valence-corrected chi connectivity index (χ4v) is 4.30. The number of amides is 1. The average molecular weight is 383 g/mol. The van der Waals surface area contributed by atoms with Crippen LogP contribution in [-0.2, 0) is 14.8 Å². The van der Waals surface area contributed by atoms with Gasteiger partial charge in [-0.3, -0.25) is 4.79 Å². The molecule has 0 bridgehead atoms. The first-order valence-electron chi connectivity index (χ1n) is 8.46. The molecular weight excluding hydrogens is 362 g/mol. The van der Waals surface area contributed by atoms with Crippen molar-refractivity contribution >= 4 is 38.0 Å². The molecule has 0 spiro atoms. The van der Waals surface area contributed by atoms with E-state index in [0.717, 1.165) is 11.1 Å². The summed E-state index contributed by atoms with van der Waals surface area (Å²) in [5, 5.41) is 5.74. The Labute approximate surface area is 159 Å². The van der Waals surface area contributed by atoms with Crippen LogP contribution in [0.3, 0.4) is 0 Å². The SMILES string of the molecule is CC(=O)Nc1ccc(NC2=NS(=O)(=O)C(c3ccc(C)c(C)c3)=C2C)cc1. The number of carbonyl (C=O) groups is 1. The van der Waals surface area contributed by atoms with Crippen molar-refractivity contribution in [2.45, 2.75) is 27.7 Å². The summed E-state index contributed by atoms with van der Waals surface area (Å²) in [6.07, 6.45) is 0. The van der Waals surface area contributed by atoms with E-state index in [0.29, 0.717) is 28.3 Å². The molecule has 2 aromatic rings. The Morgan fingerprint density at radius 1 is 0.926 bits per heavy atom. The molecule has 3 rings (SSSR count). The molecule has 0 aromatic heterocycles. The molecule has 1 amide bonds. The van der Waals surface area contributed by atoms with Crippen molar-refractivity contribution in [3.05, 3.63) is 64.7 Å². The predicted molar refractivity (Wildman–Crippen MR) is 109 cm³/mol. The van der Waals surface area contributed by atoms with Crippen molar-refractivity contribution in [3.8, 4) is 0 Å². The first kappa shape index (κ1) is 18.8. The fourth-order valence-electron chi connectivity index (χ4n) is 2.88. The Kier molecular flexibility index (Phi) is 4.89. The summed E-state index contributed by atoms with van der Waals surface area (Å²) in [6.45, 7) is 7.11. The zero-order valence-electron chi connectivity index (χ0n) is 15.6. The standard InChI is InChI=1S/C20H21N3O3S/c1-12-5-6-16(11-13(12)2)19-14(3)20(23-27(19,25)26)22-18-9-7-17(8-10-18)21-15(4)24/h5-11H,1-4H3,(H,21,24)(H,22,23). The molecule has 27 heavy (non-hydrogen) atoms. The summed E-state index contributed by atoms with van der Waals surface area (Å²) >= 11 is 0. The van der Waals surface area contributed by atoms with Crippen LogP contribution in [0.4, 0.5) is 11.4 Å². The van der Waals surface area contributed by atoms with E-state index in [1.54, 1.807) is 37.3 Å². The summed E-state index contributed by atoms with van der Waals surface area (Å²) in [5.41, 5.74) is 4.68. The Bertz CT molecular complexity index is 1080. The van der Waals surface area contributed by atoms with Crippen molar-refractivity contribution in [1.29, 1.82) is 0 Å². The highest BCUT2D eigenvalue weighted by molar-refractivity contribution is 8.00. The quantitative estimate of drug-likeness (QED) is 0.843. The summed E-state index contributed by atoms with van der Waals surface area (Å²) in [5.74, 6) is 0.147. The van der Waals surface area contributed by atoms with Gasteiger partial charge in [-0.25, -0.2) is 0 Å². The number of hydrogen-bond acceptors (Lipinski definition) is 4. The van der Waals surface area contributed by atoms with Crippen molar-refractivity contribution in [2.24, 2.45) is 4.40 Å². The van der Waals surface area contributed by atoms with Gasteiger partial charge < -0.3 is 10.6 Å². The molecule has 0 aliphatic carbocycles. The van der Waals surface area contributed by atoms with Gasteiger partial charge in [-0.15, -0.1) is 4.40 Å². The minimum atomic E-state index is -3.76. The van der Waals surface area contributed by atoms with Crippen LogP contribution in [0.1, 0.15) is 30.5 Å². The molecule has 0 atom stereocenters. The number of amidine groups is 1. The molecule has 1 heterocycles. The molecular formula is C20H21N3O3S. The van der Waals surface area contributed by atoms with E-state index in [2.05, 4.69) is 15.0 Å². The highest BCUT2D eigenvalue weighted by Crippen LogP contribution is 2.33. The number of anilines is 2. The van der Waals surface area contributed by atoms with Crippen LogP contribution in [0.15, 0.2) is 52.4 Å². The molecule has 2 aromatic carbocycles. The topological polar surface area (TPSA) is 87.6 Å². The second kappa shape index (κ2) is 7.00. The third-order valence-electron chi connectivity index (χ3n) is 4.40. The lowest BCUT2D eigenvalue weighted by Crippen LogP contribution is -2.11. The molecule has 140 valence electrons. The third kappa shape index (κ3) is 3.93. The average Bonchev–Trinajstić information content (AvgIpc) is 2.80. The van der Waals surface area contributed by atoms with Gasteiger partial charge in [0, 0.05) is 23.9 Å². The second-order valence-corrected chi connectivity index (χ2v) is 8.09. The third-order valence-corrected chi connectivity index (χ3v) is 5.88. The lowest BCUT2D eigenvalue weighted by atomic mass is 10.0. The molecule has 0 unspecified atom stereocenters. The lowest BCUT2D eigenvalue weighted by Gasteiger charge is -2.09. The van der Waals surface area contributed by atoms with E-state index in [-0.39, 0.29) is 10.8 Å². The molecule has 0 fully saturated rings. The van der Waals surface area contributed by atoms with Crippen LogP contribution in [0.25, 0.3) is 4.91 Å². The highest BCUT2D eigenvalue weighted by atomic mass is 32.2. The minimum Gasteiger partial charge on any atom is -0.339 e. The van der Waals surface area contributed by atoms with Crippen LogP contribution >= 0.6 is 0 Å². The van der Waals surface area contributed by atoms with Gasteiger partial charge in [0.15, 0.2) is 0 Å². The van der Waals surface area contributed by atoms with Gasteiger partial charge in [-0.05, 0) is 61.7 Å². The maximum Gasteiger partial charge on any atom is 0.285 e. The molecule has 0 saturated carbocycles. The van der Waals surface area contributed by atoms with Crippen LogP contribution in [0.2, 0.25) is 0 Å². The maximum atomic E-state index is 12.6. The van der Waals surface area contributed by atoms with E-state index < -0.39 is 10.0 Å². The Balaban J connectivity index is 1.91. The number of aryl methyl sites for hydroxylation is 2. The van der Waals surface area contributed by atoms with Crippen LogP contribution in [0, 0.1) is 13.8 Å². The van der Waals surface area contributed by atoms with E-state index in [4.69, 9.17) is 0 Å². The minimum absolute atomic E-state index is 0.154. The lowest BCUT2D eigenvalue weighted by molar-refractivity contribution is -0.114. The van der Waals surface area contributed by atoms with E-state index in [1.165, 1.54) is 6.92 Å². The van der Waals surface area contributed by atoms with Crippen molar-refractivity contribution in [1.82, 2.24) is 0 Å². The second-order valence-electron chi connectivity index (χ2n) is 6.55. The number of carbonyl (C=O) groups excluding carboxylic acids is 1. The van der Waals surface area contributed by atoms with Gasteiger partial charge in [0.05, 0.1) is 0 Å². The van der Waals surface area contributed by atoms with Crippen LogP contribution < -0.4 is 10.6 Å². The van der Waals surface area contributed by atoms with Crippen molar-refractivity contribution in [2.75, 3.05) is 10.6 Å². The van der Waals surface area contributed by atoms with Crippen LogP contribution in [-0.4, -0.2) is 20.2 Å². The number of hydrogen-bond donors (Lipinski definition) is 2. The zero-order valence-corrected chi connectivity index (χ0v) is 16.4. The van der Waals surface area contributed by atoms with Gasteiger partial charge in [0.25, 0.3) is 10.0 Å². The van der Waals surface area contributed by atoms with Gasteiger partial charge >= 0.3 is 0 Å². The van der Waals surface area contributed by atoms with Gasteiger partial charge in [0.2, 0.25) is 5.91 Å². The van der Waals surface area contributed by atoms with Crippen molar-refractivity contribution in [3.63, 3.8) is 0 Å². The highest BCUT2D eigenvalue weighted by Gasteiger charge is 2.31. The number of nitrogens with one attached hydrogen (secondary N) is 2. The number of rotatable bonds is 3. The van der Waals surface area contributed by atoms with Crippen molar-refractivity contribution < 1.29 is 13.2 Å². The summed E-state index contributed by atoms with van der Waals surface area (Å²) in [4.78, 5) is 11.3. The summed E-state index contributed by atoms with van der Waals surface area (Å²) in [6, 6.07) is 12.6.